The minimum absolute atomic E-state index is 0.151. The van der Waals surface area contributed by atoms with E-state index >= 15 is 0 Å². The van der Waals surface area contributed by atoms with E-state index in [4.69, 9.17) is 4.74 Å². The van der Waals surface area contributed by atoms with Gasteiger partial charge in [0.1, 0.15) is 10.6 Å². The second-order valence-electron chi connectivity index (χ2n) is 6.03. The lowest BCUT2D eigenvalue weighted by atomic mass is 9.97. The summed E-state index contributed by atoms with van der Waals surface area (Å²) in [5.41, 5.74) is 0.630. The Bertz CT molecular complexity index is 816. The van der Waals surface area contributed by atoms with Crippen LogP contribution in [0, 0.1) is 5.92 Å². The van der Waals surface area contributed by atoms with Gasteiger partial charge in [0.25, 0.3) is 11.8 Å². The number of hydrogen-bond acceptors (Lipinski definition) is 7. The van der Waals surface area contributed by atoms with Gasteiger partial charge in [0, 0.05) is 25.5 Å². The molecular weight excluding hydrogens is 368 g/mol. The molecule has 0 saturated carbocycles. The highest BCUT2D eigenvalue weighted by Gasteiger charge is 2.30. The fourth-order valence-corrected chi connectivity index (χ4v) is 3.71. The van der Waals surface area contributed by atoms with Gasteiger partial charge in [0.15, 0.2) is 0 Å². The molecule has 1 saturated heterocycles. The third kappa shape index (κ3) is 4.48. The van der Waals surface area contributed by atoms with Crippen LogP contribution in [0.3, 0.4) is 0 Å². The fraction of sp³-hybridized carbons (Fsp3) is 0.389. The number of carbonyl (C=O) groups excluding carboxylic acids is 3. The number of nitrogens with zero attached hydrogens (tertiary/aromatic N) is 3. The zero-order valence-electron chi connectivity index (χ0n) is 14.9. The van der Waals surface area contributed by atoms with Crippen molar-refractivity contribution < 1.29 is 19.1 Å². The van der Waals surface area contributed by atoms with Crippen molar-refractivity contribution in [3.8, 4) is 0 Å². The topological polar surface area (TPSA) is 101 Å². The summed E-state index contributed by atoms with van der Waals surface area (Å²) in [6, 6.07) is 1.69. The van der Waals surface area contributed by atoms with Crippen molar-refractivity contribution in [2.75, 3.05) is 25.0 Å². The summed E-state index contributed by atoms with van der Waals surface area (Å²) in [6.07, 6.45) is 5.44. The first-order valence-electron chi connectivity index (χ1n) is 8.71. The van der Waals surface area contributed by atoms with Crippen LogP contribution < -0.4 is 5.32 Å². The van der Waals surface area contributed by atoms with E-state index in [9.17, 15) is 14.4 Å². The van der Waals surface area contributed by atoms with Gasteiger partial charge < -0.3 is 15.0 Å². The highest BCUT2D eigenvalue weighted by molar-refractivity contribution is 7.12. The van der Waals surface area contributed by atoms with Crippen LogP contribution in [-0.2, 0) is 9.53 Å². The van der Waals surface area contributed by atoms with Crippen molar-refractivity contribution in [2.45, 2.75) is 19.8 Å². The van der Waals surface area contributed by atoms with Crippen LogP contribution in [0.1, 0.15) is 39.9 Å². The predicted molar refractivity (Wildman–Crippen MR) is 99.6 cm³/mol. The van der Waals surface area contributed by atoms with Crippen LogP contribution in [0.15, 0.2) is 30.0 Å². The Morgan fingerprint density at radius 1 is 1.30 bits per heavy atom. The Morgan fingerprint density at radius 2 is 2.07 bits per heavy atom. The molecule has 0 unspecified atom stereocenters. The normalized spacial score (nSPS) is 14.6. The summed E-state index contributed by atoms with van der Waals surface area (Å²) < 4.78 is 5.06. The molecule has 0 bridgehead atoms. The van der Waals surface area contributed by atoms with Crippen molar-refractivity contribution in [1.29, 1.82) is 0 Å². The molecule has 1 fully saturated rings. The van der Waals surface area contributed by atoms with E-state index in [0.717, 1.165) is 0 Å². The number of piperidine rings is 1. The molecule has 27 heavy (non-hydrogen) atoms. The Balaban J connectivity index is 1.63. The minimum Gasteiger partial charge on any atom is -0.466 e. The second-order valence-corrected chi connectivity index (χ2v) is 6.94. The van der Waals surface area contributed by atoms with Gasteiger partial charge in [0.2, 0.25) is 0 Å². The number of anilines is 1. The number of esters is 1. The second kappa shape index (κ2) is 8.72. The van der Waals surface area contributed by atoms with E-state index in [0.29, 0.717) is 43.1 Å². The minimum atomic E-state index is -0.420. The van der Waals surface area contributed by atoms with Gasteiger partial charge in [-0.2, -0.15) is 0 Å². The number of rotatable bonds is 5. The monoisotopic (exact) mass is 388 g/mol. The van der Waals surface area contributed by atoms with Crippen LogP contribution in [0.2, 0.25) is 0 Å². The lowest BCUT2D eigenvalue weighted by molar-refractivity contribution is -0.149. The third-order valence-corrected chi connectivity index (χ3v) is 5.21. The van der Waals surface area contributed by atoms with Crippen molar-refractivity contribution in [3.63, 3.8) is 0 Å². The first-order chi connectivity index (χ1) is 13.1. The SMILES string of the molecule is CCOC(=O)C1CCN(C(=O)c2sccc2NC(=O)c2cnccn2)CC1. The van der Waals surface area contributed by atoms with Gasteiger partial charge >= 0.3 is 5.97 Å². The maximum Gasteiger partial charge on any atom is 0.309 e. The number of ether oxygens (including phenoxy) is 1. The molecule has 8 nitrogen and oxygen atoms in total. The molecule has 0 aliphatic carbocycles. The molecule has 2 aromatic rings. The van der Waals surface area contributed by atoms with Crippen molar-refractivity contribution >= 4 is 34.8 Å². The Labute approximate surface area is 160 Å². The maximum absolute atomic E-state index is 12.8. The van der Waals surface area contributed by atoms with E-state index < -0.39 is 5.91 Å². The fourth-order valence-electron chi connectivity index (χ4n) is 2.90. The Morgan fingerprint density at radius 3 is 2.74 bits per heavy atom. The number of amides is 2. The van der Waals surface area contributed by atoms with Crippen molar-refractivity contribution in [2.24, 2.45) is 5.92 Å². The molecule has 9 heteroatoms. The van der Waals surface area contributed by atoms with Gasteiger partial charge in [-0.25, -0.2) is 4.98 Å². The van der Waals surface area contributed by atoms with Crippen LogP contribution in [0.4, 0.5) is 5.69 Å². The predicted octanol–water partition coefficient (Wildman–Crippen LogP) is 2.21. The van der Waals surface area contributed by atoms with Gasteiger partial charge in [-0.1, -0.05) is 0 Å². The lowest BCUT2D eigenvalue weighted by Gasteiger charge is -2.30. The highest BCUT2D eigenvalue weighted by Crippen LogP contribution is 2.27. The molecule has 1 aliphatic heterocycles. The largest absolute Gasteiger partial charge is 0.466 e. The average Bonchev–Trinajstić information content (AvgIpc) is 3.16. The zero-order valence-corrected chi connectivity index (χ0v) is 15.7. The molecule has 0 radical (unpaired) electrons. The van der Waals surface area contributed by atoms with Gasteiger partial charge in [-0.3, -0.25) is 19.4 Å². The van der Waals surface area contributed by atoms with E-state index in [1.165, 1.54) is 29.9 Å². The molecule has 2 aromatic heterocycles. The number of nitrogens with one attached hydrogen (secondary N) is 1. The first kappa shape index (κ1) is 19.0. The lowest BCUT2D eigenvalue weighted by Crippen LogP contribution is -2.40. The van der Waals surface area contributed by atoms with Gasteiger partial charge in [-0.05, 0) is 31.2 Å². The van der Waals surface area contributed by atoms with Gasteiger partial charge in [0.05, 0.1) is 24.4 Å². The van der Waals surface area contributed by atoms with Crippen LogP contribution >= 0.6 is 11.3 Å². The zero-order chi connectivity index (χ0) is 19.2. The molecule has 3 rings (SSSR count). The molecule has 2 amide bonds. The summed E-state index contributed by atoms with van der Waals surface area (Å²) in [4.78, 5) is 46.9. The van der Waals surface area contributed by atoms with Gasteiger partial charge in [-0.15, -0.1) is 11.3 Å². The summed E-state index contributed by atoms with van der Waals surface area (Å²) >= 11 is 1.27. The molecule has 0 spiro atoms. The summed E-state index contributed by atoms with van der Waals surface area (Å²) in [7, 11) is 0. The number of hydrogen-bond donors (Lipinski definition) is 1. The van der Waals surface area contributed by atoms with E-state index in [1.807, 2.05) is 0 Å². The van der Waals surface area contributed by atoms with Crippen LogP contribution in [-0.4, -0.2) is 52.3 Å². The first-order valence-corrected chi connectivity index (χ1v) is 9.59. The standard InChI is InChI=1S/C18H20N4O4S/c1-2-26-18(25)12-3-8-22(9-4-12)17(24)15-13(5-10-27-15)21-16(23)14-11-19-6-7-20-14/h5-7,10-12H,2-4,8-9H2,1H3,(H,21,23). The molecule has 3 heterocycles. The van der Waals surface area contributed by atoms with Crippen LogP contribution in [0.25, 0.3) is 0 Å². The molecule has 1 N–H and O–H groups in total. The number of thiophene rings is 1. The van der Waals surface area contributed by atoms with E-state index in [-0.39, 0.29) is 23.5 Å². The highest BCUT2D eigenvalue weighted by atomic mass is 32.1. The summed E-state index contributed by atoms with van der Waals surface area (Å²) in [5.74, 6) is -0.927. The van der Waals surface area contributed by atoms with E-state index in [2.05, 4.69) is 15.3 Å². The molecular formula is C18H20N4O4S. The van der Waals surface area contributed by atoms with E-state index in [1.54, 1.807) is 23.3 Å². The Hall–Kier alpha value is -2.81. The Kier molecular flexibility index (Phi) is 6.12. The smallest absolute Gasteiger partial charge is 0.309 e. The van der Waals surface area contributed by atoms with Crippen LogP contribution in [0.5, 0.6) is 0 Å². The average molecular weight is 388 g/mol. The molecule has 1 aliphatic rings. The number of likely N-dealkylation sites (tertiary alicyclic amines) is 1. The number of aromatic nitrogens is 2. The quantitative estimate of drug-likeness (QED) is 0.788. The maximum atomic E-state index is 12.8. The van der Waals surface area contributed by atoms with Crippen molar-refractivity contribution in [1.82, 2.24) is 14.9 Å². The summed E-state index contributed by atoms with van der Waals surface area (Å²) in [5, 5.41) is 4.47. The van der Waals surface area contributed by atoms with Crippen molar-refractivity contribution in [3.05, 3.63) is 40.6 Å². The number of carbonyl (C=O) groups is 3. The molecule has 142 valence electrons. The summed E-state index contributed by atoms with van der Waals surface area (Å²) in [6.45, 7) is 3.11. The molecule has 0 aromatic carbocycles. The molecule has 0 atom stereocenters. The third-order valence-electron chi connectivity index (χ3n) is 4.31.